The molecule has 0 atom stereocenters. The number of carboxylic acids is 1. The van der Waals surface area contributed by atoms with Crippen LogP contribution in [-0.4, -0.2) is 39.8 Å². The van der Waals surface area contributed by atoms with Gasteiger partial charge in [0.15, 0.2) is 10.9 Å². The van der Waals surface area contributed by atoms with Crippen molar-refractivity contribution in [2.45, 2.75) is 5.16 Å². The second-order valence-electron chi connectivity index (χ2n) is 2.63. The topological polar surface area (TPSA) is 92.2 Å². The highest BCUT2D eigenvalue weighted by Crippen LogP contribution is 2.16. The number of nitrogens with zero attached hydrogens (tertiary/aromatic N) is 2. The monoisotopic (exact) mass is 261 g/mol. The van der Waals surface area contributed by atoms with Crippen LogP contribution in [0.25, 0.3) is 0 Å². The summed E-state index contributed by atoms with van der Waals surface area (Å²) in [4.78, 5) is 29.5. The van der Waals surface area contributed by atoms with Crippen molar-refractivity contribution in [1.82, 2.24) is 15.3 Å². The van der Waals surface area contributed by atoms with Crippen molar-refractivity contribution in [1.29, 1.82) is 0 Å². The van der Waals surface area contributed by atoms with Crippen molar-refractivity contribution in [2.75, 3.05) is 12.8 Å². The summed E-state index contributed by atoms with van der Waals surface area (Å²) in [6.45, 7) is -0.478. The molecule has 0 bridgehead atoms. The number of aliphatic carboxylic acids is 1. The zero-order valence-electron chi connectivity index (χ0n) is 8.23. The third-order valence-corrected chi connectivity index (χ3v) is 2.36. The predicted molar refractivity (Wildman–Crippen MR) is 58.8 cm³/mol. The summed E-state index contributed by atoms with van der Waals surface area (Å²) in [5, 5.41) is 11.0. The van der Waals surface area contributed by atoms with E-state index in [4.69, 9.17) is 16.7 Å². The number of halogens is 1. The van der Waals surface area contributed by atoms with Crippen LogP contribution in [0.15, 0.2) is 11.4 Å². The fraction of sp³-hybridized carbons (Fsp3) is 0.250. The van der Waals surface area contributed by atoms with E-state index < -0.39 is 18.4 Å². The Morgan fingerprint density at radius 1 is 1.62 bits per heavy atom. The lowest BCUT2D eigenvalue weighted by atomic mass is 10.4. The summed E-state index contributed by atoms with van der Waals surface area (Å²) in [6, 6.07) is 0. The van der Waals surface area contributed by atoms with Gasteiger partial charge in [-0.25, -0.2) is 9.97 Å². The minimum Gasteiger partial charge on any atom is -0.480 e. The lowest BCUT2D eigenvalue weighted by Crippen LogP contribution is -2.30. The Morgan fingerprint density at radius 2 is 2.31 bits per heavy atom. The van der Waals surface area contributed by atoms with Crippen molar-refractivity contribution in [3.63, 3.8) is 0 Å². The van der Waals surface area contributed by atoms with Gasteiger partial charge < -0.3 is 10.4 Å². The van der Waals surface area contributed by atoms with E-state index in [1.807, 2.05) is 0 Å². The molecule has 1 aromatic heterocycles. The maximum absolute atomic E-state index is 11.5. The summed E-state index contributed by atoms with van der Waals surface area (Å²) in [5.74, 6) is -1.77. The molecule has 0 aromatic carbocycles. The van der Waals surface area contributed by atoms with E-state index in [0.717, 1.165) is 0 Å². The largest absolute Gasteiger partial charge is 0.480 e. The molecule has 8 heteroatoms. The van der Waals surface area contributed by atoms with Gasteiger partial charge in [-0.2, -0.15) is 0 Å². The van der Waals surface area contributed by atoms with Crippen LogP contribution in [0.3, 0.4) is 0 Å². The molecule has 0 aliphatic rings. The van der Waals surface area contributed by atoms with Crippen LogP contribution in [0.2, 0.25) is 5.02 Å². The van der Waals surface area contributed by atoms with Crippen LogP contribution in [-0.2, 0) is 4.79 Å². The molecule has 86 valence electrons. The Kier molecular flexibility index (Phi) is 4.51. The van der Waals surface area contributed by atoms with Crippen LogP contribution >= 0.6 is 23.4 Å². The van der Waals surface area contributed by atoms with Crippen LogP contribution in [0.1, 0.15) is 10.5 Å². The van der Waals surface area contributed by atoms with Gasteiger partial charge in [0.05, 0.1) is 11.2 Å². The summed E-state index contributed by atoms with van der Waals surface area (Å²) in [5.41, 5.74) is -0.0257. The number of rotatable bonds is 4. The SMILES string of the molecule is CSc1ncc(Cl)c(C(=O)NCC(=O)O)n1. The molecule has 6 nitrogen and oxygen atoms in total. The van der Waals surface area contributed by atoms with E-state index in [1.165, 1.54) is 18.0 Å². The Bertz CT molecular complexity index is 427. The van der Waals surface area contributed by atoms with Gasteiger partial charge in [-0.15, -0.1) is 0 Å². The fourth-order valence-corrected chi connectivity index (χ4v) is 1.37. The van der Waals surface area contributed by atoms with Crippen LogP contribution < -0.4 is 5.32 Å². The number of amides is 1. The highest BCUT2D eigenvalue weighted by Gasteiger charge is 2.14. The first-order valence-corrected chi connectivity index (χ1v) is 5.71. The number of carbonyl (C=O) groups is 2. The summed E-state index contributed by atoms with van der Waals surface area (Å²) >= 11 is 6.98. The molecular formula is C8H8ClN3O3S. The van der Waals surface area contributed by atoms with E-state index >= 15 is 0 Å². The van der Waals surface area contributed by atoms with Crippen molar-refractivity contribution >= 4 is 35.2 Å². The summed E-state index contributed by atoms with van der Waals surface area (Å²) in [6.07, 6.45) is 3.05. The molecule has 1 amide bonds. The van der Waals surface area contributed by atoms with Gasteiger partial charge in [0.25, 0.3) is 5.91 Å². The van der Waals surface area contributed by atoms with Gasteiger partial charge in [0, 0.05) is 0 Å². The number of aromatic nitrogens is 2. The van der Waals surface area contributed by atoms with Crippen molar-refractivity contribution in [2.24, 2.45) is 0 Å². The Balaban J connectivity index is 2.85. The molecule has 0 aliphatic heterocycles. The second-order valence-corrected chi connectivity index (χ2v) is 3.81. The van der Waals surface area contributed by atoms with Gasteiger partial charge in [-0.1, -0.05) is 23.4 Å². The first-order chi connectivity index (χ1) is 7.54. The molecule has 0 aliphatic carbocycles. The molecule has 1 rings (SSSR count). The maximum Gasteiger partial charge on any atom is 0.322 e. The standard InChI is InChI=1S/C8H8ClN3O3S/c1-16-8-11-2-4(9)6(12-8)7(15)10-3-5(13)14/h2H,3H2,1H3,(H,10,15)(H,13,14). The molecular weight excluding hydrogens is 254 g/mol. The quantitative estimate of drug-likeness (QED) is 0.611. The molecule has 0 spiro atoms. The van der Waals surface area contributed by atoms with Crippen molar-refractivity contribution < 1.29 is 14.7 Å². The molecule has 1 aromatic rings. The molecule has 0 unspecified atom stereocenters. The molecule has 0 saturated carbocycles. The zero-order chi connectivity index (χ0) is 12.1. The lowest BCUT2D eigenvalue weighted by Gasteiger charge is -2.04. The van der Waals surface area contributed by atoms with E-state index in [1.54, 1.807) is 6.26 Å². The average molecular weight is 262 g/mol. The first kappa shape index (κ1) is 12.7. The number of hydrogen-bond donors (Lipinski definition) is 2. The number of nitrogens with one attached hydrogen (secondary N) is 1. The summed E-state index contributed by atoms with van der Waals surface area (Å²) in [7, 11) is 0. The molecule has 2 N–H and O–H groups in total. The van der Waals surface area contributed by atoms with Gasteiger partial charge in [-0.3, -0.25) is 9.59 Å². The predicted octanol–water partition coefficient (Wildman–Crippen LogP) is 0.666. The number of carboxylic acid groups (broad SMARTS) is 1. The smallest absolute Gasteiger partial charge is 0.322 e. The molecule has 1 heterocycles. The van der Waals surface area contributed by atoms with E-state index in [-0.39, 0.29) is 10.7 Å². The average Bonchev–Trinajstić information content (AvgIpc) is 2.26. The van der Waals surface area contributed by atoms with Gasteiger partial charge >= 0.3 is 5.97 Å². The highest BCUT2D eigenvalue weighted by atomic mass is 35.5. The third-order valence-electron chi connectivity index (χ3n) is 1.52. The van der Waals surface area contributed by atoms with Crippen LogP contribution in [0, 0.1) is 0 Å². The summed E-state index contributed by atoms with van der Waals surface area (Å²) < 4.78 is 0. The van der Waals surface area contributed by atoms with Crippen molar-refractivity contribution in [3.8, 4) is 0 Å². The second kappa shape index (κ2) is 5.66. The Labute approximate surface area is 100 Å². The Morgan fingerprint density at radius 3 is 2.88 bits per heavy atom. The number of thioether (sulfide) groups is 1. The highest BCUT2D eigenvalue weighted by molar-refractivity contribution is 7.98. The van der Waals surface area contributed by atoms with E-state index in [9.17, 15) is 9.59 Å². The molecule has 0 fully saturated rings. The van der Waals surface area contributed by atoms with E-state index in [0.29, 0.717) is 5.16 Å². The third kappa shape index (κ3) is 3.35. The maximum atomic E-state index is 11.5. The zero-order valence-corrected chi connectivity index (χ0v) is 9.80. The first-order valence-electron chi connectivity index (χ1n) is 4.11. The van der Waals surface area contributed by atoms with Crippen molar-refractivity contribution in [3.05, 3.63) is 16.9 Å². The molecule has 0 saturated heterocycles. The molecule has 0 radical (unpaired) electrons. The van der Waals surface area contributed by atoms with Gasteiger partial charge in [0.1, 0.15) is 6.54 Å². The van der Waals surface area contributed by atoms with Crippen LogP contribution in [0.4, 0.5) is 0 Å². The van der Waals surface area contributed by atoms with Crippen LogP contribution in [0.5, 0.6) is 0 Å². The minimum atomic E-state index is -1.14. The normalized spacial score (nSPS) is 9.88. The van der Waals surface area contributed by atoms with E-state index in [2.05, 4.69) is 15.3 Å². The van der Waals surface area contributed by atoms with Gasteiger partial charge in [0.2, 0.25) is 0 Å². The Hall–Kier alpha value is -1.34. The van der Waals surface area contributed by atoms with Gasteiger partial charge in [-0.05, 0) is 6.26 Å². The number of carbonyl (C=O) groups excluding carboxylic acids is 1. The fourth-order valence-electron chi connectivity index (χ4n) is 0.848. The molecule has 16 heavy (non-hydrogen) atoms. The lowest BCUT2D eigenvalue weighted by molar-refractivity contribution is -0.135. The number of hydrogen-bond acceptors (Lipinski definition) is 5. The minimum absolute atomic E-state index is 0.0257.